The first kappa shape index (κ1) is 10.1. The Kier molecular flexibility index (Phi) is 28.0. The standard InChI is InChI=1S/Cr.Cu.3O.Zn. The van der Waals surface area contributed by atoms with Crippen molar-refractivity contribution in [2.75, 3.05) is 0 Å². The van der Waals surface area contributed by atoms with Crippen LogP contribution in [0, 0.1) is 0 Å². The van der Waals surface area contributed by atoms with Crippen molar-refractivity contribution < 1.29 is 55.0 Å². The van der Waals surface area contributed by atoms with Gasteiger partial charge in [0.05, 0.1) is 0 Å². The molecular formula is CrCuO3Zn. The van der Waals surface area contributed by atoms with E-state index in [9.17, 15) is 3.57 Å². The summed E-state index contributed by atoms with van der Waals surface area (Å²) in [5.41, 5.74) is 0. The summed E-state index contributed by atoms with van der Waals surface area (Å²) >= 11 is 0.604. The zero-order valence-electron chi connectivity index (χ0n) is 2.64. The molecule has 0 spiro atoms. The molecule has 0 rings (SSSR count). The molecule has 0 aromatic carbocycles. The van der Waals surface area contributed by atoms with Crippen LogP contribution in [0.4, 0.5) is 0 Å². The molecule has 0 aliphatic heterocycles. The molecular weight excluding hydrogens is 229 g/mol. The average Bonchev–Trinajstić information content (AvgIpc) is 1.72. The van der Waals surface area contributed by atoms with E-state index in [2.05, 4.69) is 15.9 Å². The summed E-state index contributed by atoms with van der Waals surface area (Å²) in [7, 11) is 0. The fraction of sp³-hybridized carbons (Fsp3) is 0. The van der Waals surface area contributed by atoms with Gasteiger partial charge in [-0.05, 0) is 0 Å². The third kappa shape index (κ3) is 19.6. The Bertz CT molecular complexity index is 40.1. The Balaban J connectivity index is 0. The predicted molar refractivity (Wildman–Crippen MR) is 2.06 cm³/mol. The average molecular weight is 229 g/mol. The Hall–Kier alpha value is 1.08. The van der Waals surface area contributed by atoms with Gasteiger partial charge >= 0.3 is 55.0 Å². The quantitative estimate of drug-likeness (QED) is 0.576. The van der Waals surface area contributed by atoms with Crippen molar-refractivity contribution in [2.45, 2.75) is 0 Å². The van der Waals surface area contributed by atoms with Gasteiger partial charge in [0, 0.05) is 0 Å². The van der Waals surface area contributed by atoms with Gasteiger partial charge in [-0.15, -0.1) is 0 Å². The van der Waals surface area contributed by atoms with Gasteiger partial charge in [-0.3, -0.25) is 0 Å². The molecule has 0 aliphatic carbocycles. The van der Waals surface area contributed by atoms with Crippen LogP contribution in [0.2, 0.25) is 0 Å². The van der Waals surface area contributed by atoms with Gasteiger partial charge in [0.15, 0.2) is 0 Å². The zero-order valence-corrected chi connectivity index (χ0v) is 7.83. The molecule has 0 aromatic heterocycles. The Morgan fingerprint density at radius 2 is 1.67 bits per heavy atom. The predicted octanol–water partition coefficient (Wildman–Crippen LogP) is -0.364. The second kappa shape index (κ2) is 16.5. The van der Waals surface area contributed by atoms with Crippen LogP contribution in [0.5, 0.6) is 0 Å². The summed E-state index contributed by atoms with van der Waals surface area (Å²) in [6, 6.07) is 0. The first-order valence-corrected chi connectivity index (χ1v) is 8.88. The monoisotopic (exact) mass is 227 g/mol. The van der Waals surface area contributed by atoms with E-state index in [1.54, 1.807) is 0 Å². The molecule has 0 radical (unpaired) electrons. The summed E-state index contributed by atoms with van der Waals surface area (Å²) in [4.78, 5) is 0. The summed E-state index contributed by atoms with van der Waals surface area (Å²) in [5.74, 6) is 0. The first-order chi connectivity index (χ1) is 2.91. The molecule has 0 fully saturated rings. The van der Waals surface area contributed by atoms with E-state index in [-0.39, 0.29) is 0 Å². The minimum absolute atomic E-state index is 0.701. The van der Waals surface area contributed by atoms with Crippen LogP contribution in [0.3, 0.4) is 0 Å². The summed E-state index contributed by atoms with van der Waals surface area (Å²) < 4.78 is 26.1. The van der Waals surface area contributed by atoms with E-state index < -0.39 is 27.9 Å². The second-order valence-corrected chi connectivity index (χ2v) is 5.05. The summed E-state index contributed by atoms with van der Waals surface area (Å²) in [5, 5.41) is 0. The van der Waals surface area contributed by atoms with E-state index in [1.165, 1.54) is 0 Å². The number of hydrogen-bond acceptors (Lipinski definition) is 3. The Morgan fingerprint density at radius 1 is 1.50 bits per heavy atom. The maximum absolute atomic E-state index is 9.20. The van der Waals surface area contributed by atoms with Gasteiger partial charge in [-0.25, -0.2) is 0 Å². The second-order valence-electron chi connectivity index (χ2n) is 0.236. The molecule has 0 bridgehead atoms. The van der Waals surface area contributed by atoms with E-state index in [0.717, 1.165) is 0 Å². The topological polar surface area (TPSA) is 51.2 Å². The Labute approximate surface area is 54.8 Å². The SMILES string of the molecule is [O]=[Cr][Zn]=[O].[O]=[Cu]. The van der Waals surface area contributed by atoms with Crippen molar-refractivity contribution in [1.82, 2.24) is 0 Å². The molecule has 0 heterocycles. The van der Waals surface area contributed by atoms with Crippen LogP contribution in [-0.2, 0) is 55.0 Å². The van der Waals surface area contributed by atoms with E-state index in [1.807, 2.05) is 0 Å². The Morgan fingerprint density at radius 3 is 1.67 bits per heavy atom. The zero-order chi connectivity index (χ0) is 5.41. The van der Waals surface area contributed by atoms with Crippen molar-refractivity contribution in [3.8, 4) is 0 Å². The van der Waals surface area contributed by atoms with E-state index in [0.29, 0.717) is 0 Å². The fourth-order valence-corrected chi connectivity index (χ4v) is 0. The molecule has 6 heavy (non-hydrogen) atoms. The number of rotatable bonds is 1. The van der Waals surface area contributed by atoms with Crippen molar-refractivity contribution in [3.63, 3.8) is 0 Å². The molecule has 0 amide bonds. The van der Waals surface area contributed by atoms with Gasteiger partial charge in [0.1, 0.15) is 0 Å². The molecule has 0 atom stereocenters. The third-order valence-corrected chi connectivity index (χ3v) is 1.03. The van der Waals surface area contributed by atoms with Gasteiger partial charge in [0.25, 0.3) is 0 Å². The van der Waals surface area contributed by atoms with Gasteiger partial charge in [0.2, 0.25) is 0 Å². The summed E-state index contributed by atoms with van der Waals surface area (Å²) in [6.07, 6.45) is 0. The van der Waals surface area contributed by atoms with Crippen LogP contribution >= 0.6 is 0 Å². The van der Waals surface area contributed by atoms with Crippen molar-refractivity contribution in [2.24, 2.45) is 0 Å². The van der Waals surface area contributed by atoms with Crippen molar-refractivity contribution >= 4 is 0 Å². The van der Waals surface area contributed by atoms with Crippen LogP contribution in [0.1, 0.15) is 0 Å². The molecule has 6 heteroatoms. The first-order valence-electron chi connectivity index (χ1n) is 0.867. The van der Waals surface area contributed by atoms with Crippen LogP contribution < -0.4 is 0 Å². The molecule has 37 valence electrons. The third-order valence-electron chi connectivity index (χ3n) is 0.0481. The molecule has 0 aromatic rings. The fourth-order valence-electron chi connectivity index (χ4n) is 0. The van der Waals surface area contributed by atoms with Gasteiger partial charge < -0.3 is 0 Å². The maximum atomic E-state index is 9.20. The van der Waals surface area contributed by atoms with Crippen molar-refractivity contribution in [3.05, 3.63) is 0 Å². The normalized spacial score (nSPS) is 3.67. The molecule has 0 aliphatic rings. The molecule has 0 saturated carbocycles. The van der Waals surface area contributed by atoms with Crippen molar-refractivity contribution in [1.29, 1.82) is 0 Å². The van der Waals surface area contributed by atoms with Crippen LogP contribution in [0.15, 0.2) is 0 Å². The molecule has 0 saturated heterocycles. The molecule has 0 unspecified atom stereocenters. The van der Waals surface area contributed by atoms with E-state index >= 15 is 0 Å². The van der Waals surface area contributed by atoms with E-state index in [4.69, 9.17) is 7.64 Å². The van der Waals surface area contributed by atoms with Gasteiger partial charge in [-0.1, -0.05) is 0 Å². The molecule has 0 N–H and O–H groups in total. The van der Waals surface area contributed by atoms with Gasteiger partial charge in [-0.2, -0.15) is 0 Å². The van der Waals surface area contributed by atoms with Crippen LogP contribution in [0.25, 0.3) is 0 Å². The number of hydrogen-bond donors (Lipinski definition) is 0. The molecule has 3 nitrogen and oxygen atoms in total. The van der Waals surface area contributed by atoms with Crippen LogP contribution in [-0.4, -0.2) is 0 Å². The minimum atomic E-state index is -1.63. The summed E-state index contributed by atoms with van der Waals surface area (Å²) in [6.45, 7) is 0.